The van der Waals surface area contributed by atoms with Crippen LogP contribution < -0.4 is 4.90 Å². The van der Waals surface area contributed by atoms with E-state index in [0.717, 1.165) is 0 Å². The Balaban J connectivity index is 2.01. The number of allylic oxidation sites excluding steroid dienone is 1. The van der Waals surface area contributed by atoms with Crippen molar-refractivity contribution in [3.8, 4) is 0 Å². The molecule has 2 rings (SSSR count). The summed E-state index contributed by atoms with van der Waals surface area (Å²) in [6.45, 7) is 3.49. The van der Waals surface area contributed by atoms with Crippen molar-refractivity contribution in [2.24, 2.45) is 0 Å². The van der Waals surface area contributed by atoms with Gasteiger partial charge in [-0.2, -0.15) is 9.90 Å². The molecule has 0 N–H and O–H groups in total. The highest BCUT2D eigenvalue weighted by Crippen LogP contribution is 2.29. The lowest BCUT2D eigenvalue weighted by Gasteiger charge is -2.38. The number of hydrogen-bond donors (Lipinski definition) is 0. The van der Waals surface area contributed by atoms with Crippen molar-refractivity contribution >= 4 is 5.82 Å². The Hall–Kier alpha value is -1.46. The van der Waals surface area contributed by atoms with Gasteiger partial charge in [-0.1, -0.05) is 6.08 Å². The maximum absolute atomic E-state index is 12.5. The molecule has 76 valence electrons. The van der Waals surface area contributed by atoms with E-state index in [9.17, 15) is 8.78 Å². The third-order valence-corrected chi connectivity index (χ3v) is 1.99. The Morgan fingerprint density at radius 2 is 2.29 bits per heavy atom. The SMILES string of the molecule is C=CCn1ncc(N2CC(F)(F)C2)n1. The molecule has 0 unspecified atom stereocenters. The van der Waals surface area contributed by atoms with Crippen LogP contribution in [0, 0.1) is 0 Å². The van der Waals surface area contributed by atoms with Gasteiger partial charge in [0, 0.05) is 0 Å². The zero-order chi connectivity index (χ0) is 10.2. The van der Waals surface area contributed by atoms with Gasteiger partial charge < -0.3 is 4.90 Å². The van der Waals surface area contributed by atoms with Gasteiger partial charge in [-0.15, -0.1) is 11.7 Å². The lowest BCUT2D eigenvalue weighted by Crippen LogP contribution is -2.56. The van der Waals surface area contributed by atoms with E-state index in [-0.39, 0.29) is 13.1 Å². The van der Waals surface area contributed by atoms with E-state index in [1.807, 2.05) is 0 Å². The molecule has 14 heavy (non-hydrogen) atoms. The van der Waals surface area contributed by atoms with Crippen LogP contribution in [-0.4, -0.2) is 34.0 Å². The topological polar surface area (TPSA) is 34.0 Å². The number of anilines is 1. The Morgan fingerprint density at radius 1 is 1.57 bits per heavy atom. The summed E-state index contributed by atoms with van der Waals surface area (Å²) in [5, 5.41) is 7.92. The van der Waals surface area contributed by atoms with Gasteiger partial charge in [0.1, 0.15) is 0 Å². The summed E-state index contributed by atoms with van der Waals surface area (Å²) in [5.74, 6) is -2.07. The molecule has 1 saturated heterocycles. The minimum absolute atomic E-state index is 0.264. The van der Waals surface area contributed by atoms with Crippen LogP contribution in [0.4, 0.5) is 14.6 Å². The first-order valence-corrected chi connectivity index (χ1v) is 4.24. The van der Waals surface area contributed by atoms with Crippen LogP contribution in [0.1, 0.15) is 0 Å². The van der Waals surface area contributed by atoms with Gasteiger partial charge >= 0.3 is 0 Å². The zero-order valence-electron chi connectivity index (χ0n) is 7.53. The highest BCUT2D eigenvalue weighted by atomic mass is 19.3. The van der Waals surface area contributed by atoms with Crippen LogP contribution in [0.5, 0.6) is 0 Å². The number of hydrogen-bond acceptors (Lipinski definition) is 3. The predicted molar refractivity (Wildman–Crippen MR) is 47.4 cm³/mol. The monoisotopic (exact) mass is 200 g/mol. The summed E-state index contributed by atoms with van der Waals surface area (Å²) in [6.07, 6.45) is 3.13. The molecule has 0 atom stereocenters. The second kappa shape index (κ2) is 3.04. The van der Waals surface area contributed by atoms with Gasteiger partial charge in [0.15, 0.2) is 5.82 Å². The quantitative estimate of drug-likeness (QED) is 0.680. The third kappa shape index (κ3) is 1.59. The Labute approximate surface area is 79.8 Å². The molecule has 0 spiro atoms. The lowest BCUT2D eigenvalue weighted by molar-refractivity contribution is -0.0267. The van der Waals surface area contributed by atoms with Gasteiger partial charge in [0.25, 0.3) is 5.92 Å². The standard InChI is InChI=1S/C8H10F2N4/c1-2-3-14-11-4-7(12-14)13-5-8(9,10)6-13/h2,4H,1,3,5-6H2. The second-order valence-corrected chi connectivity index (χ2v) is 3.26. The highest BCUT2D eigenvalue weighted by Gasteiger charge is 2.44. The van der Waals surface area contributed by atoms with E-state index in [0.29, 0.717) is 12.4 Å². The van der Waals surface area contributed by atoms with Crippen molar-refractivity contribution in [1.82, 2.24) is 15.0 Å². The van der Waals surface area contributed by atoms with Crippen LogP contribution in [0.3, 0.4) is 0 Å². The summed E-state index contributed by atoms with van der Waals surface area (Å²) in [4.78, 5) is 2.91. The first kappa shape index (κ1) is 9.11. The van der Waals surface area contributed by atoms with Gasteiger partial charge in [0.2, 0.25) is 0 Å². The largest absolute Gasteiger partial charge is 0.342 e. The molecular weight excluding hydrogens is 190 g/mol. The van der Waals surface area contributed by atoms with Crippen LogP contribution in [0.2, 0.25) is 0 Å². The molecule has 1 aromatic rings. The molecule has 0 aromatic carbocycles. The molecule has 6 heteroatoms. The normalized spacial score (nSPS) is 19.1. The fraction of sp³-hybridized carbons (Fsp3) is 0.500. The second-order valence-electron chi connectivity index (χ2n) is 3.26. The average Bonchev–Trinajstić information content (AvgIpc) is 2.49. The number of halogens is 2. The fourth-order valence-corrected chi connectivity index (χ4v) is 1.31. The molecule has 4 nitrogen and oxygen atoms in total. The molecule has 0 saturated carbocycles. The van der Waals surface area contributed by atoms with E-state index >= 15 is 0 Å². The summed E-state index contributed by atoms with van der Waals surface area (Å²) < 4.78 is 25.0. The summed E-state index contributed by atoms with van der Waals surface area (Å²) in [6, 6.07) is 0. The maximum atomic E-state index is 12.5. The van der Waals surface area contributed by atoms with Crippen molar-refractivity contribution < 1.29 is 8.78 Å². The minimum Gasteiger partial charge on any atom is -0.342 e. The molecule has 0 radical (unpaired) electrons. The molecule has 1 aromatic heterocycles. The maximum Gasteiger partial charge on any atom is 0.282 e. The number of aromatic nitrogens is 3. The van der Waals surface area contributed by atoms with E-state index < -0.39 is 5.92 Å². The molecule has 1 aliphatic rings. The van der Waals surface area contributed by atoms with Crippen molar-refractivity contribution in [3.05, 3.63) is 18.9 Å². The van der Waals surface area contributed by atoms with Crippen LogP contribution in [0.15, 0.2) is 18.9 Å². The van der Waals surface area contributed by atoms with E-state index in [1.54, 1.807) is 6.08 Å². The van der Waals surface area contributed by atoms with Gasteiger partial charge in [-0.05, 0) is 0 Å². The smallest absolute Gasteiger partial charge is 0.282 e. The first-order chi connectivity index (χ1) is 6.61. The summed E-state index contributed by atoms with van der Waals surface area (Å²) in [7, 11) is 0. The van der Waals surface area contributed by atoms with E-state index in [1.165, 1.54) is 15.9 Å². The average molecular weight is 200 g/mol. The third-order valence-electron chi connectivity index (χ3n) is 1.99. The zero-order valence-corrected chi connectivity index (χ0v) is 7.53. The summed E-state index contributed by atoms with van der Waals surface area (Å²) >= 11 is 0. The Kier molecular flexibility index (Phi) is 1.98. The van der Waals surface area contributed by atoms with Gasteiger partial charge in [0.05, 0.1) is 25.8 Å². The van der Waals surface area contributed by atoms with E-state index in [2.05, 4.69) is 16.8 Å². The molecule has 1 fully saturated rings. The van der Waals surface area contributed by atoms with Crippen molar-refractivity contribution in [1.29, 1.82) is 0 Å². The molecule has 0 amide bonds. The summed E-state index contributed by atoms with van der Waals surface area (Å²) in [5.41, 5.74) is 0. The minimum atomic E-state index is -2.57. The first-order valence-electron chi connectivity index (χ1n) is 4.24. The van der Waals surface area contributed by atoms with E-state index in [4.69, 9.17) is 0 Å². The molecule has 0 bridgehead atoms. The Morgan fingerprint density at radius 3 is 2.86 bits per heavy atom. The van der Waals surface area contributed by atoms with Crippen LogP contribution in [0.25, 0.3) is 0 Å². The number of nitrogens with zero attached hydrogens (tertiary/aromatic N) is 4. The Bertz CT molecular complexity index is 339. The molecule has 0 aliphatic carbocycles. The van der Waals surface area contributed by atoms with Crippen molar-refractivity contribution in [3.63, 3.8) is 0 Å². The highest BCUT2D eigenvalue weighted by molar-refractivity contribution is 5.39. The van der Waals surface area contributed by atoms with Crippen molar-refractivity contribution in [2.75, 3.05) is 18.0 Å². The molecule has 2 heterocycles. The fourth-order valence-electron chi connectivity index (χ4n) is 1.31. The van der Waals surface area contributed by atoms with Crippen LogP contribution in [-0.2, 0) is 6.54 Å². The number of alkyl halides is 2. The van der Waals surface area contributed by atoms with Gasteiger partial charge in [-0.3, -0.25) is 0 Å². The van der Waals surface area contributed by atoms with Crippen molar-refractivity contribution in [2.45, 2.75) is 12.5 Å². The number of rotatable bonds is 3. The lowest BCUT2D eigenvalue weighted by atomic mass is 10.1. The van der Waals surface area contributed by atoms with Gasteiger partial charge in [-0.25, -0.2) is 8.78 Å². The molecular formula is C8H10F2N4. The molecule has 1 aliphatic heterocycles. The van der Waals surface area contributed by atoms with Crippen LogP contribution >= 0.6 is 0 Å². The predicted octanol–water partition coefficient (Wildman–Crippen LogP) is 0.919.